The van der Waals surface area contributed by atoms with Gasteiger partial charge in [-0.3, -0.25) is 0 Å². The van der Waals surface area contributed by atoms with Crippen molar-refractivity contribution < 1.29 is 8.78 Å². The highest BCUT2D eigenvalue weighted by atomic mass is 19.1. The lowest BCUT2D eigenvalue weighted by atomic mass is 9.78. The molecule has 0 bridgehead atoms. The first-order chi connectivity index (χ1) is 10.5. The molecule has 0 aliphatic heterocycles. The van der Waals surface area contributed by atoms with E-state index in [1.807, 2.05) is 24.3 Å². The summed E-state index contributed by atoms with van der Waals surface area (Å²) < 4.78 is 26.4. The number of hydrogen-bond acceptors (Lipinski definition) is 0. The van der Waals surface area contributed by atoms with Crippen molar-refractivity contribution in [1.82, 2.24) is 0 Å². The fraction of sp³-hybridized carbons (Fsp3) is 0.300. The van der Waals surface area contributed by atoms with Gasteiger partial charge in [-0.05, 0) is 54.2 Å². The van der Waals surface area contributed by atoms with Gasteiger partial charge < -0.3 is 0 Å². The van der Waals surface area contributed by atoms with Crippen molar-refractivity contribution in [3.63, 3.8) is 0 Å². The Labute approximate surface area is 131 Å². The summed E-state index contributed by atoms with van der Waals surface area (Å²) in [5.41, 5.74) is 3.29. The molecule has 0 fully saturated rings. The van der Waals surface area contributed by atoms with Crippen LogP contribution < -0.4 is 0 Å². The van der Waals surface area contributed by atoms with Crippen molar-refractivity contribution in [2.24, 2.45) is 5.92 Å². The normalized spacial score (nSPS) is 12.4. The summed E-state index contributed by atoms with van der Waals surface area (Å²) in [5, 5.41) is 0. The highest BCUT2D eigenvalue weighted by Crippen LogP contribution is 2.35. The van der Waals surface area contributed by atoms with Crippen molar-refractivity contribution in [2.45, 2.75) is 32.6 Å². The highest BCUT2D eigenvalue weighted by molar-refractivity contribution is 5.34. The predicted molar refractivity (Wildman–Crippen MR) is 87.9 cm³/mol. The summed E-state index contributed by atoms with van der Waals surface area (Å²) in [5.74, 6) is -0.0765. The zero-order valence-corrected chi connectivity index (χ0v) is 13.2. The van der Waals surface area contributed by atoms with E-state index in [0.717, 1.165) is 24.0 Å². The van der Waals surface area contributed by atoms with Gasteiger partial charge in [0.15, 0.2) is 0 Å². The lowest BCUT2D eigenvalue weighted by Gasteiger charge is -2.26. The van der Waals surface area contributed by atoms with Crippen molar-refractivity contribution in [1.29, 1.82) is 0 Å². The molecule has 1 unspecified atom stereocenters. The largest absolute Gasteiger partial charge is 0.207 e. The lowest BCUT2D eigenvalue weighted by Crippen LogP contribution is -2.12. The Bertz CT molecular complexity index is 566. The predicted octanol–water partition coefficient (Wildman–Crippen LogP) is 6.09. The highest BCUT2D eigenvalue weighted by Gasteiger charge is 2.22. The van der Waals surface area contributed by atoms with E-state index >= 15 is 0 Å². The average Bonchev–Trinajstić information content (AvgIpc) is 2.51. The zero-order chi connectivity index (χ0) is 16.1. The molecule has 0 amide bonds. The van der Waals surface area contributed by atoms with E-state index in [4.69, 9.17) is 0 Å². The molecule has 0 N–H and O–H groups in total. The molecular formula is C20H22F2. The Morgan fingerprint density at radius 2 is 1.32 bits per heavy atom. The van der Waals surface area contributed by atoms with Crippen LogP contribution in [-0.2, 0) is 0 Å². The average molecular weight is 300 g/mol. The number of benzene rings is 2. The van der Waals surface area contributed by atoms with Gasteiger partial charge in [0.1, 0.15) is 11.6 Å². The van der Waals surface area contributed by atoms with Crippen LogP contribution in [0.15, 0.2) is 60.7 Å². The van der Waals surface area contributed by atoms with Crippen LogP contribution in [0.4, 0.5) is 8.78 Å². The topological polar surface area (TPSA) is 0 Å². The monoisotopic (exact) mass is 300 g/mol. The maximum atomic E-state index is 13.2. The Hall–Kier alpha value is -1.96. The van der Waals surface area contributed by atoms with E-state index in [0.29, 0.717) is 5.92 Å². The van der Waals surface area contributed by atoms with Crippen molar-refractivity contribution >= 4 is 0 Å². The van der Waals surface area contributed by atoms with Gasteiger partial charge in [-0.1, -0.05) is 50.3 Å². The number of rotatable bonds is 6. The second-order valence-electron chi connectivity index (χ2n) is 5.87. The molecule has 2 rings (SSSR count). The minimum atomic E-state index is -0.243. The summed E-state index contributed by atoms with van der Waals surface area (Å²) in [6.07, 6.45) is 1.85. The second kappa shape index (κ2) is 7.35. The molecular weight excluding hydrogens is 278 g/mol. The molecule has 0 saturated heterocycles. The quantitative estimate of drug-likeness (QED) is 0.566. The van der Waals surface area contributed by atoms with E-state index < -0.39 is 0 Å². The molecule has 0 heterocycles. The van der Waals surface area contributed by atoms with Crippen LogP contribution in [0.5, 0.6) is 0 Å². The van der Waals surface area contributed by atoms with Gasteiger partial charge in [0.2, 0.25) is 0 Å². The first-order valence-corrected chi connectivity index (χ1v) is 7.68. The summed E-state index contributed by atoms with van der Waals surface area (Å²) >= 11 is 0. The smallest absolute Gasteiger partial charge is 0.123 e. The Morgan fingerprint density at radius 3 is 1.68 bits per heavy atom. The van der Waals surface area contributed by atoms with Gasteiger partial charge in [-0.2, -0.15) is 0 Å². The molecule has 0 aliphatic rings. The first-order valence-electron chi connectivity index (χ1n) is 7.68. The lowest BCUT2D eigenvalue weighted by molar-refractivity contribution is 0.501. The molecule has 0 aromatic heterocycles. The van der Waals surface area contributed by atoms with Crippen LogP contribution in [0.2, 0.25) is 0 Å². The minimum absolute atomic E-state index is 0.101. The van der Waals surface area contributed by atoms with E-state index in [-0.39, 0.29) is 17.6 Å². The zero-order valence-electron chi connectivity index (χ0n) is 13.2. The third-order valence-corrected chi connectivity index (χ3v) is 4.14. The van der Waals surface area contributed by atoms with Gasteiger partial charge in [0.05, 0.1) is 0 Å². The molecule has 0 spiro atoms. The number of halogens is 2. The van der Waals surface area contributed by atoms with Crippen LogP contribution in [0.25, 0.3) is 0 Å². The Kier molecular flexibility index (Phi) is 5.48. The van der Waals surface area contributed by atoms with E-state index in [9.17, 15) is 8.78 Å². The maximum absolute atomic E-state index is 13.2. The van der Waals surface area contributed by atoms with Crippen molar-refractivity contribution in [2.75, 3.05) is 0 Å². The summed E-state index contributed by atoms with van der Waals surface area (Å²) in [7, 11) is 0. The summed E-state index contributed by atoms with van der Waals surface area (Å²) in [6, 6.07) is 13.2. The van der Waals surface area contributed by atoms with Gasteiger partial charge in [-0.15, -0.1) is 0 Å². The van der Waals surface area contributed by atoms with E-state index in [2.05, 4.69) is 20.4 Å². The van der Waals surface area contributed by atoms with E-state index in [1.165, 1.54) is 29.8 Å². The van der Waals surface area contributed by atoms with Crippen molar-refractivity contribution in [3.8, 4) is 0 Å². The molecule has 0 radical (unpaired) electrons. The van der Waals surface area contributed by atoms with Gasteiger partial charge in [0.25, 0.3) is 0 Å². The molecule has 0 saturated carbocycles. The van der Waals surface area contributed by atoms with Crippen LogP contribution in [0.1, 0.15) is 43.7 Å². The standard InChI is InChI=1S/C20H22F2/c1-4-14(2)13-15(3)20(16-5-9-18(21)10-6-16)17-7-11-19(22)12-8-17/h5-12,15,20H,2,4,13H2,1,3H3. The van der Waals surface area contributed by atoms with Crippen molar-refractivity contribution in [3.05, 3.63) is 83.4 Å². The Balaban J connectivity index is 2.37. The fourth-order valence-corrected chi connectivity index (χ4v) is 2.91. The second-order valence-corrected chi connectivity index (χ2v) is 5.87. The summed E-state index contributed by atoms with van der Waals surface area (Å²) in [4.78, 5) is 0. The van der Waals surface area contributed by atoms with E-state index in [1.54, 1.807) is 0 Å². The summed E-state index contributed by atoms with van der Waals surface area (Å²) in [6.45, 7) is 8.35. The molecule has 1 atom stereocenters. The molecule has 2 heteroatoms. The van der Waals surface area contributed by atoms with Gasteiger partial charge in [-0.25, -0.2) is 8.78 Å². The molecule has 2 aromatic carbocycles. The maximum Gasteiger partial charge on any atom is 0.123 e. The minimum Gasteiger partial charge on any atom is -0.207 e. The fourth-order valence-electron chi connectivity index (χ4n) is 2.91. The SMILES string of the molecule is C=C(CC)CC(C)C(c1ccc(F)cc1)c1ccc(F)cc1. The third kappa shape index (κ3) is 4.03. The van der Waals surface area contributed by atoms with Gasteiger partial charge in [0, 0.05) is 5.92 Å². The number of allylic oxidation sites excluding steroid dienone is 1. The molecule has 0 aliphatic carbocycles. The third-order valence-electron chi connectivity index (χ3n) is 4.14. The first kappa shape index (κ1) is 16.4. The van der Waals surface area contributed by atoms with Crippen LogP contribution in [0, 0.1) is 17.6 Å². The number of hydrogen-bond donors (Lipinski definition) is 0. The molecule has 0 nitrogen and oxygen atoms in total. The van der Waals surface area contributed by atoms with Crippen LogP contribution in [-0.4, -0.2) is 0 Å². The Morgan fingerprint density at radius 1 is 0.909 bits per heavy atom. The van der Waals surface area contributed by atoms with Crippen LogP contribution in [0.3, 0.4) is 0 Å². The molecule has 116 valence electrons. The van der Waals surface area contributed by atoms with Gasteiger partial charge >= 0.3 is 0 Å². The van der Waals surface area contributed by atoms with Crippen LogP contribution >= 0.6 is 0 Å². The molecule has 2 aromatic rings. The molecule has 22 heavy (non-hydrogen) atoms.